The van der Waals surface area contributed by atoms with Crippen LogP contribution < -0.4 is 20.7 Å². The van der Waals surface area contributed by atoms with Crippen LogP contribution in [0.2, 0.25) is 0 Å². The van der Waals surface area contributed by atoms with Gasteiger partial charge in [0.25, 0.3) is 0 Å². The van der Waals surface area contributed by atoms with Crippen molar-refractivity contribution in [1.29, 1.82) is 0 Å². The van der Waals surface area contributed by atoms with Crippen molar-refractivity contribution < 1.29 is 14.1 Å². The number of carbonyl (C=O) groups is 1. The number of nitrogens with zero attached hydrogens (tertiary/aromatic N) is 4. The molecule has 202 valence electrons. The zero-order valence-corrected chi connectivity index (χ0v) is 22.5. The highest BCUT2D eigenvalue weighted by Crippen LogP contribution is 2.30. The van der Waals surface area contributed by atoms with Crippen LogP contribution >= 0.6 is 0 Å². The Morgan fingerprint density at radius 1 is 1.19 bits per heavy atom. The number of benzene rings is 1. The van der Waals surface area contributed by atoms with Crippen molar-refractivity contribution in [3.8, 4) is 5.75 Å². The number of carbonyl (C=O) groups excluding carboxylic acids is 1. The van der Waals surface area contributed by atoms with Crippen LogP contribution in [0.25, 0.3) is 0 Å². The summed E-state index contributed by atoms with van der Waals surface area (Å²) in [5.41, 5.74) is 8.54. The Bertz CT molecular complexity index is 1060. The number of piperidine rings is 1. The van der Waals surface area contributed by atoms with Crippen molar-refractivity contribution in [1.82, 2.24) is 20.4 Å². The second-order valence-electron chi connectivity index (χ2n) is 11.3. The number of amides is 1. The highest BCUT2D eigenvalue weighted by atomic mass is 16.5. The van der Waals surface area contributed by atoms with Gasteiger partial charge in [-0.1, -0.05) is 32.0 Å². The average molecular weight is 511 g/mol. The first kappa shape index (κ1) is 26.0. The van der Waals surface area contributed by atoms with Gasteiger partial charge >= 0.3 is 6.01 Å². The fraction of sp³-hybridized carbons (Fsp3) is 0.679. The quantitative estimate of drug-likeness (QED) is 0.556. The molecule has 9 nitrogen and oxygen atoms in total. The van der Waals surface area contributed by atoms with Crippen molar-refractivity contribution in [3.05, 3.63) is 35.2 Å². The summed E-state index contributed by atoms with van der Waals surface area (Å²) in [6.07, 6.45) is 5.76. The van der Waals surface area contributed by atoms with Crippen LogP contribution in [0.1, 0.15) is 75.7 Å². The van der Waals surface area contributed by atoms with E-state index in [4.69, 9.17) is 15.0 Å². The van der Waals surface area contributed by atoms with E-state index in [1.165, 1.54) is 11.1 Å². The lowest BCUT2D eigenvalue weighted by Gasteiger charge is -2.33. The number of hydrogen-bond acceptors (Lipinski definition) is 8. The third-order valence-corrected chi connectivity index (χ3v) is 8.43. The molecular formula is C28H42N6O3. The van der Waals surface area contributed by atoms with Crippen LogP contribution in [-0.2, 0) is 17.8 Å². The summed E-state index contributed by atoms with van der Waals surface area (Å²) < 4.78 is 11.6. The topological polar surface area (TPSA) is 110 Å². The van der Waals surface area contributed by atoms with Crippen LogP contribution in [0.15, 0.2) is 22.7 Å². The van der Waals surface area contributed by atoms with Gasteiger partial charge in [-0.15, -0.1) is 0 Å². The summed E-state index contributed by atoms with van der Waals surface area (Å²) in [5.74, 6) is 3.37. The number of nitrogens with one attached hydrogen (secondary N) is 1. The van der Waals surface area contributed by atoms with Crippen LogP contribution in [-0.4, -0.2) is 59.4 Å². The minimum absolute atomic E-state index is 0.133. The van der Waals surface area contributed by atoms with Gasteiger partial charge in [-0.2, -0.15) is 4.98 Å². The van der Waals surface area contributed by atoms with Crippen molar-refractivity contribution in [2.45, 2.75) is 84.0 Å². The molecule has 3 aliphatic heterocycles. The monoisotopic (exact) mass is 510 g/mol. The molecule has 0 bridgehead atoms. The largest absolute Gasteiger partial charge is 0.494 e. The van der Waals surface area contributed by atoms with Crippen molar-refractivity contribution >= 4 is 11.9 Å². The molecule has 5 rings (SSSR count). The van der Waals surface area contributed by atoms with Gasteiger partial charge < -0.3 is 30.1 Å². The van der Waals surface area contributed by atoms with E-state index < -0.39 is 0 Å². The molecule has 0 saturated carbocycles. The maximum Gasteiger partial charge on any atom is 0.324 e. The minimum atomic E-state index is -0.187. The normalized spacial score (nSPS) is 23.4. The van der Waals surface area contributed by atoms with Gasteiger partial charge in [0, 0.05) is 32.1 Å². The molecular weight excluding hydrogens is 468 g/mol. The molecule has 0 radical (unpaired) electrons. The Morgan fingerprint density at radius 3 is 2.70 bits per heavy atom. The molecule has 2 fully saturated rings. The third kappa shape index (κ3) is 5.93. The lowest BCUT2D eigenvalue weighted by molar-refractivity contribution is -0.134. The number of likely N-dealkylation sites (tertiary alicyclic amines) is 1. The predicted octanol–water partition coefficient (Wildman–Crippen LogP) is 3.44. The molecule has 9 heteroatoms. The molecule has 4 heterocycles. The smallest absolute Gasteiger partial charge is 0.324 e. The van der Waals surface area contributed by atoms with Crippen LogP contribution in [0.4, 0.5) is 6.01 Å². The summed E-state index contributed by atoms with van der Waals surface area (Å²) >= 11 is 0. The van der Waals surface area contributed by atoms with Gasteiger partial charge in [-0.3, -0.25) is 4.79 Å². The van der Waals surface area contributed by atoms with Crippen LogP contribution in [0.3, 0.4) is 0 Å². The SMILES string of the molecule is CC(C)c1noc(N2CCC([C@H](C)CCOc3ccc4c(c3)CN[C@H](C(=O)N3CCC[C@H]3N)C4)CC2)n1. The molecule has 1 aromatic carbocycles. The molecule has 2 saturated heterocycles. The molecule has 3 N–H and O–H groups in total. The second kappa shape index (κ2) is 11.4. The first-order valence-corrected chi connectivity index (χ1v) is 14.0. The van der Waals surface area contributed by atoms with E-state index in [-0.39, 0.29) is 24.0 Å². The average Bonchev–Trinajstić information content (AvgIpc) is 3.58. The number of hydrogen-bond donors (Lipinski definition) is 2. The van der Waals surface area contributed by atoms with Gasteiger partial charge in [-0.25, -0.2) is 0 Å². The fourth-order valence-electron chi connectivity index (χ4n) is 5.87. The van der Waals surface area contributed by atoms with Gasteiger partial charge in [-0.05, 0) is 73.6 Å². The van der Waals surface area contributed by atoms with E-state index in [0.29, 0.717) is 37.4 Å². The highest BCUT2D eigenvalue weighted by Gasteiger charge is 2.33. The Kier molecular flexibility index (Phi) is 8.00. The standard InChI is InChI=1S/C28H42N6O3/c1-18(2)26-31-28(37-32-26)33-12-8-20(9-13-33)19(3)10-14-36-23-7-6-21-16-24(30-17-22(21)15-23)27(35)34-11-4-5-25(34)29/h6-7,15,18-20,24-25,30H,4-5,8-14,16-17,29H2,1-3H3/t19-,24+,25+/m1/s1. The van der Waals surface area contributed by atoms with Crippen molar-refractivity contribution in [2.75, 3.05) is 31.1 Å². The molecule has 3 atom stereocenters. The summed E-state index contributed by atoms with van der Waals surface area (Å²) in [5, 5.41) is 7.52. The Morgan fingerprint density at radius 2 is 2.00 bits per heavy atom. The summed E-state index contributed by atoms with van der Waals surface area (Å²) in [7, 11) is 0. The number of fused-ring (bicyclic) bond motifs is 1. The molecule has 1 amide bonds. The van der Waals surface area contributed by atoms with Crippen LogP contribution in [0.5, 0.6) is 5.75 Å². The van der Waals surface area contributed by atoms with Crippen LogP contribution in [0, 0.1) is 11.8 Å². The molecule has 0 spiro atoms. The molecule has 2 aromatic rings. The predicted molar refractivity (Wildman–Crippen MR) is 142 cm³/mol. The maximum absolute atomic E-state index is 12.9. The summed E-state index contributed by atoms with van der Waals surface area (Å²) in [6, 6.07) is 6.77. The third-order valence-electron chi connectivity index (χ3n) is 8.43. The van der Waals surface area contributed by atoms with Crippen molar-refractivity contribution in [2.24, 2.45) is 17.6 Å². The lowest BCUT2D eigenvalue weighted by Crippen LogP contribution is -2.52. The number of anilines is 1. The number of aromatic nitrogens is 2. The Hall–Kier alpha value is -2.65. The van der Waals surface area contributed by atoms with E-state index in [9.17, 15) is 4.79 Å². The number of rotatable bonds is 8. The first-order valence-electron chi connectivity index (χ1n) is 14.0. The molecule has 1 aromatic heterocycles. The maximum atomic E-state index is 12.9. The van der Waals surface area contributed by atoms with E-state index in [0.717, 1.165) is 63.3 Å². The molecule has 3 aliphatic rings. The van der Waals surface area contributed by atoms with Crippen molar-refractivity contribution in [3.63, 3.8) is 0 Å². The van der Waals surface area contributed by atoms with E-state index in [1.54, 1.807) is 0 Å². The van der Waals surface area contributed by atoms with Gasteiger partial charge in [0.05, 0.1) is 18.8 Å². The van der Waals surface area contributed by atoms with E-state index in [1.807, 2.05) is 11.0 Å². The lowest BCUT2D eigenvalue weighted by atomic mass is 9.84. The van der Waals surface area contributed by atoms with Gasteiger partial charge in [0.15, 0.2) is 5.82 Å². The van der Waals surface area contributed by atoms with E-state index >= 15 is 0 Å². The fourth-order valence-corrected chi connectivity index (χ4v) is 5.87. The molecule has 0 unspecified atom stereocenters. The number of ether oxygens (including phenoxy) is 1. The highest BCUT2D eigenvalue weighted by molar-refractivity contribution is 5.83. The van der Waals surface area contributed by atoms with Gasteiger partial charge in [0.2, 0.25) is 5.91 Å². The zero-order valence-electron chi connectivity index (χ0n) is 22.5. The first-order chi connectivity index (χ1) is 17.9. The molecule has 0 aliphatic carbocycles. The van der Waals surface area contributed by atoms with E-state index in [2.05, 4.69) is 53.3 Å². The second-order valence-corrected chi connectivity index (χ2v) is 11.3. The van der Waals surface area contributed by atoms with Gasteiger partial charge in [0.1, 0.15) is 5.75 Å². The summed E-state index contributed by atoms with van der Waals surface area (Å²) in [6.45, 7) is 10.6. The number of nitrogens with two attached hydrogens (primary N) is 1. The molecule has 37 heavy (non-hydrogen) atoms. The Balaban J connectivity index is 1.06. The summed E-state index contributed by atoms with van der Waals surface area (Å²) in [4.78, 5) is 21.5. The Labute approximate surface area is 220 Å². The zero-order chi connectivity index (χ0) is 25.9. The minimum Gasteiger partial charge on any atom is -0.494 e.